The lowest BCUT2D eigenvalue weighted by molar-refractivity contribution is -0.138. The van der Waals surface area contributed by atoms with Crippen molar-refractivity contribution in [1.82, 2.24) is 10.2 Å². The fourth-order valence-corrected chi connectivity index (χ4v) is 1.52. The van der Waals surface area contributed by atoms with Gasteiger partial charge in [-0.15, -0.1) is 0 Å². The molecule has 1 N–H and O–H groups in total. The molecule has 1 fully saturated rings. The van der Waals surface area contributed by atoms with Gasteiger partial charge in [0.2, 0.25) is 5.91 Å². The Morgan fingerprint density at radius 1 is 1.60 bits per heavy atom. The van der Waals surface area contributed by atoms with Gasteiger partial charge >= 0.3 is 0 Å². The van der Waals surface area contributed by atoms with Crippen LogP contribution in [-0.4, -0.2) is 63.9 Å². The Hall–Kier alpha value is -0.650. The number of nitrogens with zero attached hydrogens (tertiary/aromatic N) is 1. The molecular weight excluding hydrogens is 196 g/mol. The minimum atomic E-state index is -0.516. The predicted octanol–water partition coefficient (Wildman–Crippen LogP) is -0.530. The highest BCUT2D eigenvalue weighted by Gasteiger charge is 2.34. The molecule has 0 aromatic carbocycles. The number of ether oxygens (including phenoxy) is 2. The van der Waals surface area contributed by atoms with E-state index in [1.54, 1.807) is 26.1 Å². The van der Waals surface area contributed by atoms with E-state index in [-0.39, 0.29) is 5.91 Å². The van der Waals surface area contributed by atoms with Gasteiger partial charge in [0.1, 0.15) is 5.60 Å². The molecule has 0 aliphatic carbocycles. The summed E-state index contributed by atoms with van der Waals surface area (Å²) >= 11 is 0. The van der Waals surface area contributed by atoms with Crippen molar-refractivity contribution in [2.75, 3.05) is 47.5 Å². The lowest BCUT2D eigenvalue weighted by Crippen LogP contribution is -2.47. The second-order valence-corrected chi connectivity index (χ2v) is 4.08. The number of nitrogens with one attached hydrogen (secondary N) is 1. The van der Waals surface area contributed by atoms with E-state index in [0.717, 1.165) is 6.54 Å². The molecule has 0 aromatic heterocycles. The summed E-state index contributed by atoms with van der Waals surface area (Å²) in [6, 6.07) is 0. The van der Waals surface area contributed by atoms with Crippen LogP contribution in [0.15, 0.2) is 0 Å². The summed E-state index contributed by atoms with van der Waals surface area (Å²) in [7, 11) is 5.12. The van der Waals surface area contributed by atoms with E-state index in [4.69, 9.17) is 9.47 Å². The molecule has 15 heavy (non-hydrogen) atoms. The summed E-state index contributed by atoms with van der Waals surface area (Å²) in [5.74, 6) is 0.0594. The van der Waals surface area contributed by atoms with Gasteiger partial charge in [-0.05, 0) is 0 Å². The van der Waals surface area contributed by atoms with Crippen LogP contribution in [0, 0.1) is 0 Å². The Bertz CT molecular complexity index is 211. The molecule has 0 saturated carbocycles. The van der Waals surface area contributed by atoms with E-state index in [9.17, 15) is 4.79 Å². The van der Waals surface area contributed by atoms with Crippen molar-refractivity contribution in [1.29, 1.82) is 0 Å². The summed E-state index contributed by atoms with van der Waals surface area (Å²) in [6.07, 6.45) is 0.351. The molecule has 1 aliphatic rings. The van der Waals surface area contributed by atoms with Crippen LogP contribution in [0.1, 0.15) is 6.42 Å². The Morgan fingerprint density at radius 3 is 2.93 bits per heavy atom. The van der Waals surface area contributed by atoms with Crippen LogP contribution in [0.25, 0.3) is 0 Å². The monoisotopic (exact) mass is 216 g/mol. The van der Waals surface area contributed by atoms with E-state index >= 15 is 0 Å². The molecule has 0 bridgehead atoms. The highest BCUT2D eigenvalue weighted by atomic mass is 16.5. The van der Waals surface area contributed by atoms with Gasteiger partial charge in [0.25, 0.3) is 0 Å². The normalized spacial score (nSPS) is 27.1. The molecule has 1 unspecified atom stereocenters. The van der Waals surface area contributed by atoms with Gasteiger partial charge in [-0.1, -0.05) is 0 Å². The molecule has 1 atom stereocenters. The van der Waals surface area contributed by atoms with E-state index in [0.29, 0.717) is 26.2 Å². The fraction of sp³-hybridized carbons (Fsp3) is 0.900. The third-order valence-electron chi connectivity index (χ3n) is 2.64. The number of rotatable bonds is 3. The first kappa shape index (κ1) is 12.4. The van der Waals surface area contributed by atoms with Crippen LogP contribution >= 0.6 is 0 Å². The zero-order valence-electron chi connectivity index (χ0n) is 9.71. The molecule has 1 heterocycles. The zero-order chi connectivity index (χ0) is 11.3. The molecule has 1 rings (SSSR count). The lowest BCUT2D eigenvalue weighted by atomic mass is 10.00. The first-order valence-corrected chi connectivity index (χ1v) is 5.13. The van der Waals surface area contributed by atoms with Gasteiger partial charge in [-0.2, -0.15) is 0 Å². The first-order chi connectivity index (χ1) is 7.09. The van der Waals surface area contributed by atoms with Crippen molar-refractivity contribution >= 4 is 5.91 Å². The number of carbonyl (C=O) groups excluding carboxylic acids is 1. The average molecular weight is 216 g/mol. The molecule has 1 amide bonds. The van der Waals surface area contributed by atoms with Gasteiger partial charge in [0, 0.05) is 34.3 Å². The van der Waals surface area contributed by atoms with Crippen molar-refractivity contribution < 1.29 is 14.3 Å². The Kier molecular flexibility index (Phi) is 4.50. The van der Waals surface area contributed by atoms with Crippen LogP contribution < -0.4 is 5.32 Å². The highest BCUT2D eigenvalue weighted by molar-refractivity contribution is 5.76. The van der Waals surface area contributed by atoms with Gasteiger partial charge < -0.3 is 19.7 Å². The van der Waals surface area contributed by atoms with Crippen molar-refractivity contribution in [3.8, 4) is 0 Å². The van der Waals surface area contributed by atoms with Crippen LogP contribution in [0.3, 0.4) is 0 Å². The van der Waals surface area contributed by atoms with Crippen LogP contribution in [-0.2, 0) is 14.3 Å². The zero-order valence-corrected chi connectivity index (χ0v) is 9.71. The Labute approximate surface area is 90.7 Å². The quantitative estimate of drug-likeness (QED) is 0.689. The SMILES string of the molecule is COC1(CC(=O)N(C)C)CNCCOC1. The number of amides is 1. The molecule has 1 aliphatic heterocycles. The highest BCUT2D eigenvalue weighted by Crippen LogP contribution is 2.17. The van der Waals surface area contributed by atoms with E-state index in [1.807, 2.05) is 0 Å². The van der Waals surface area contributed by atoms with Crippen molar-refractivity contribution in [2.45, 2.75) is 12.0 Å². The fourth-order valence-electron chi connectivity index (χ4n) is 1.52. The summed E-state index contributed by atoms with van der Waals surface area (Å²) in [6.45, 7) is 2.60. The number of hydrogen-bond donors (Lipinski definition) is 1. The summed E-state index contributed by atoms with van der Waals surface area (Å²) in [5.41, 5.74) is -0.516. The maximum absolute atomic E-state index is 11.6. The molecule has 5 heteroatoms. The molecule has 1 saturated heterocycles. The van der Waals surface area contributed by atoms with Crippen LogP contribution in [0.2, 0.25) is 0 Å². The van der Waals surface area contributed by atoms with Crippen LogP contribution in [0.5, 0.6) is 0 Å². The summed E-state index contributed by atoms with van der Waals surface area (Å²) < 4.78 is 10.9. The number of hydrogen-bond acceptors (Lipinski definition) is 4. The Morgan fingerprint density at radius 2 is 2.33 bits per heavy atom. The maximum Gasteiger partial charge on any atom is 0.225 e. The molecular formula is C10H20N2O3. The molecule has 0 aromatic rings. The minimum Gasteiger partial charge on any atom is -0.377 e. The maximum atomic E-state index is 11.6. The molecule has 0 spiro atoms. The van der Waals surface area contributed by atoms with E-state index in [1.165, 1.54) is 0 Å². The third kappa shape index (κ3) is 3.44. The number of carbonyl (C=O) groups is 1. The second kappa shape index (κ2) is 5.44. The minimum absolute atomic E-state index is 0.0594. The van der Waals surface area contributed by atoms with Gasteiger partial charge in [-0.25, -0.2) is 0 Å². The topological polar surface area (TPSA) is 50.8 Å². The molecule has 5 nitrogen and oxygen atoms in total. The van der Waals surface area contributed by atoms with E-state index < -0.39 is 5.60 Å². The van der Waals surface area contributed by atoms with E-state index in [2.05, 4.69) is 5.32 Å². The van der Waals surface area contributed by atoms with Crippen LogP contribution in [0.4, 0.5) is 0 Å². The molecule has 0 radical (unpaired) electrons. The standard InChI is InChI=1S/C10H20N2O3/c1-12(2)9(13)6-10(14-3)7-11-4-5-15-8-10/h11H,4-8H2,1-3H3. The Balaban J connectivity index is 2.61. The van der Waals surface area contributed by atoms with Gasteiger partial charge in [0.15, 0.2) is 0 Å². The van der Waals surface area contributed by atoms with Crippen molar-refractivity contribution in [2.24, 2.45) is 0 Å². The van der Waals surface area contributed by atoms with Crippen molar-refractivity contribution in [3.63, 3.8) is 0 Å². The van der Waals surface area contributed by atoms with Gasteiger partial charge in [-0.3, -0.25) is 4.79 Å². The smallest absolute Gasteiger partial charge is 0.225 e. The molecule has 88 valence electrons. The summed E-state index contributed by atoms with van der Waals surface area (Å²) in [4.78, 5) is 13.2. The van der Waals surface area contributed by atoms with Gasteiger partial charge in [0.05, 0.1) is 19.6 Å². The first-order valence-electron chi connectivity index (χ1n) is 5.13. The summed E-state index contributed by atoms with van der Waals surface area (Å²) in [5, 5.41) is 3.21. The largest absolute Gasteiger partial charge is 0.377 e. The second-order valence-electron chi connectivity index (χ2n) is 4.08. The lowest BCUT2D eigenvalue weighted by Gasteiger charge is -2.30. The number of methoxy groups -OCH3 is 1. The third-order valence-corrected chi connectivity index (χ3v) is 2.64. The predicted molar refractivity (Wildman–Crippen MR) is 56.7 cm³/mol. The average Bonchev–Trinajstić information content (AvgIpc) is 2.44. The van der Waals surface area contributed by atoms with Crippen molar-refractivity contribution in [3.05, 3.63) is 0 Å².